The number of benzene rings is 1. The zero-order chi connectivity index (χ0) is 29.2. The zero-order valence-corrected chi connectivity index (χ0v) is 25.4. The zero-order valence-electron chi connectivity index (χ0n) is 25.4. The summed E-state index contributed by atoms with van der Waals surface area (Å²) in [6.45, 7) is 7.05. The molecule has 1 aromatic heterocycles. The Kier molecular flexibility index (Phi) is 11.5. The SMILES string of the molecule is CC.COc1cccc(OC)c1-c1cc(C(=O)NC(CCN2CCCC2)CC(=O)NC2CCC2)nn1C1CCCC1. The Balaban J connectivity index is 0.00000189. The Bertz CT molecular complexity index is 1110. The number of amides is 2. The summed E-state index contributed by atoms with van der Waals surface area (Å²) in [7, 11) is 3.28. The van der Waals surface area contributed by atoms with E-state index in [1.54, 1.807) is 14.2 Å². The summed E-state index contributed by atoms with van der Waals surface area (Å²) in [5.74, 6) is 1.13. The van der Waals surface area contributed by atoms with E-state index >= 15 is 0 Å². The number of carbonyl (C=O) groups is 2. The van der Waals surface area contributed by atoms with E-state index in [-0.39, 0.29) is 36.4 Å². The highest BCUT2D eigenvalue weighted by molar-refractivity contribution is 5.94. The molecule has 226 valence electrons. The number of hydrogen-bond acceptors (Lipinski definition) is 6. The predicted octanol–water partition coefficient (Wildman–Crippen LogP) is 5.35. The van der Waals surface area contributed by atoms with E-state index in [2.05, 4.69) is 15.5 Å². The smallest absolute Gasteiger partial charge is 0.272 e. The van der Waals surface area contributed by atoms with Gasteiger partial charge in [-0.1, -0.05) is 32.8 Å². The molecule has 2 heterocycles. The first kappa shape index (κ1) is 30.9. The number of rotatable bonds is 12. The Morgan fingerprint density at radius 1 is 0.976 bits per heavy atom. The molecule has 2 aliphatic carbocycles. The predicted molar refractivity (Wildman–Crippen MR) is 162 cm³/mol. The second-order valence-electron chi connectivity index (χ2n) is 11.2. The maximum atomic E-state index is 13.6. The van der Waals surface area contributed by atoms with Crippen LogP contribution in [0.1, 0.15) is 101 Å². The van der Waals surface area contributed by atoms with Crippen LogP contribution in [-0.4, -0.2) is 72.4 Å². The highest BCUT2D eigenvalue weighted by atomic mass is 16.5. The molecule has 2 N–H and O–H groups in total. The van der Waals surface area contributed by atoms with Gasteiger partial charge in [0.2, 0.25) is 5.91 Å². The molecule has 0 bridgehead atoms. The molecule has 2 saturated carbocycles. The van der Waals surface area contributed by atoms with Crippen LogP contribution in [0.5, 0.6) is 11.5 Å². The number of methoxy groups -OCH3 is 2. The van der Waals surface area contributed by atoms with Crippen molar-refractivity contribution < 1.29 is 19.1 Å². The van der Waals surface area contributed by atoms with Crippen LogP contribution in [0.15, 0.2) is 24.3 Å². The molecule has 41 heavy (non-hydrogen) atoms. The highest BCUT2D eigenvalue weighted by Crippen LogP contribution is 2.41. The molecular formula is C32H49N5O4. The van der Waals surface area contributed by atoms with Crippen LogP contribution in [0.2, 0.25) is 0 Å². The highest BCUT2D eigenvalue weighted by Gasteiger charge is 2.29. The van der Waals surface area contributed by atoms with E-state index < -0.39 is 0 Å². The summed E-state index contributed by atoms with van der Waals surface area (Å²) in [6, 6.07) is 7.80. The van der Waals surface area contributed by atoms with Gasteiger partial charge < -0.3 is 25.0 Å². The topological polar surface area (TPSA) is 97.7 Å². The van der Waals surface area contributed by atoms with E-state index in [0.29, 0.717) is 17.2 Å². The summed E-state index contributed by atoms with van der Waals surface area (Å²) in [6.07, 6.45) is 11.0. The van der Waals surface area contributed by atoms with Gasteiger partial charge in [0.05, 0.1) is 31.5 Å². The van der Waals surface area contributed by atoms with Gasteiger partial charge in [0.15, 0.2) is 5.69 Å². The first-order chi connectivity index (χ1) is 20.1. The molecule has 2 aromatic rings. The van der Waals surface area contributed by atoms with Crippen molar-refractivity contribution >= 4 is 11.8 Å². The second kappa shape index (κ2) is 15.2. The fraction of sp³-hybridized carbons (Fsp3) is 0.656. The summed E-state index contributed by atoms with van der Waals surface area (Å²) in [5, 5.41) is 11.1. The molecule has 3 fully saturated rings. The molecule has 3 aliphatic rings. The maximum absolute atomic E-state index is 13.6. The molecule has 9 heteroatoms. The molecular weight excluding hydrogens is 518 g/mol. The average Bonchev–Trinajstić information content (AvgIpc) is 3.76. The van der Waals surface area contributed by atoms with Crippen LogP contribution in [0, 0.1) is 0 Å². The van der Waals surface area contributed by atoms with E-state index in [1.807, 2.05) is 42.8 Å². The number of likely N-dealkylation sites (tertiary alicyclic amines) is 1. The number of aromatic nitrogens is 2. The lowest BCUT2D eigenvalue weighted by molar-refractivity contribution is -0.122. The van der Waals surface area contributed by atoms with Crippen molar-refractivity contribution in [2.24, 2.45) is 0 Å². The van der Waals surface area contributed by atoms with Gasteiger partial charge >= 0.3 is 0 Å². The second-order valence-corrected chi connectivity index (χ2v) is 11.2. The third kappa shape index (κ3) is 7.82. The van der Waals surface area contributed by atoms with Gasteiger partial charge in [-0.2, -0.15) is 5.10 Å². The van der Waals surface area contributed by atoms with Crippen molar-refractivity contribution in [2.75, 3.05) is 33.9 Å². The lowest BCUT2D eigenvalue weighted by atomic mass is 9.93. The lowest BCUT2D eigenvalue weighted by Crippen LogP contribution is -2.45. The minimum Gasteiger partial charge on any atom is -0.496 e. The lowest BCUT2D eigenvalue weighted by Gasteiger charge is -2.28. The summed E-state index contributed by atoms with van der Waals surface area (Å²) < 4.78 is 13.4. The van der Waals surface area contributed by atoms with Crippen molar-refractivity contribution in [3.8, 4) is 22.8 Å². The van der Waals surface area contributed by atoms with Crippen LogP contribution >= 0.6 is 0 Å². The molecule has 1 atom stereocenters. The summed E-state index contributed by atoms with van der Waals surface area (Å²) in [4.78, 5) is 28.9. The van der Waals surface area contributed by atoms with Gasteiger partial charge in [-0.3, -0.25) is 14.3 Å². The third-order valence-corrected chi connectivity index (χ3v) is 8.55. The first-order valence-corrected chi connectivity index (χ1v) is 15.7. The van der Waals surface area contributed by atoms with Gasteiger partial charge in [-0.25, -0.2) is 0 Å². The average molecular weight is 568 g/mol. The van der Waals surface area contributed by atoms with E-state index in [4.69, 9.17) is 14.6 Å². The van der Waals surface area contributed by atoms with Crippen LogP contribution in [0.4, 0.5) is 0 Å². The minimum atomic E-state index is -0.251. The Morgan fingerprint density at radius 2 is 1.63 bits per heavy atom. The maximum Gasteiger partial charge on any atom is 0.272 e. The fourth-order valence-corrected chi connectivity index (χ4v) is 6.12. The van der Waals surface area contributed by atoms with Crippen LogP contribution in [-0.2, 0) is 4.79 Å². The quantitative estimate of drug-likeness (QED) is 0.359. The molecule has 1 saturated heterocycles. The Hall–Kier alpha value is -3.07. The van der Waals surface area contributed by atoms with Gasteiger partial charge in [0, 0.05) is 25.0 Å². The van der Waals surface area contributed by atoms with Crippen LogP contribution in [0.3, 0.4) is 0 Å². The Morgan fingerprint density at radius 3 is 2.22 bits per heavy atom. The largest absolute Gasteiger partial charge is 0.496 e. The first-order valence-electron chi connectivity index (χ1n) is 15.7. The van der Waals surface area contributed by atoms with E-state index in [0.717, 1.165) is 75.8 Å². The molecule has 1 aromatic carbocycles. The number of nitrogens with one attached hydrogen (secondary N) is 2. The minimum absolute atomic E-state index is 0.0161. The van der Waals surface area contributed by atoms with Crippen molar-refractivity contribution in [3.63, 3.8) is 0 Å². The van der Waals surface area contributed by atoms with Crippen LogP contribution < -0.4 is 20.1 Å². The third-order valence-electron chi connectivity index (χ3n) is 8.55. The standard InChI is InChI=1S/C30H43N5O4.C2H6/c1-38-26-13-8-14-27(39-2)29(26)25-20-24(33-35(25)23-11-3-4-12-23)30(37)32-22(15-18-34-16-5-6-17-34)19-28(36)31-21-9-7-10-21;1-2/h8,13-14,20-23H,3-7,9-12,15-19H2,1-2H3,(H,31,36)(H,32,37);1-2H3. The van der Waals surface area contributed by atoms with Crippen molar-refractivity contribution in [2.45, 2.75) is 103 Å². The Labute approximate surface area is 245 Å². The van der Waals surface area contributed by atoms with E-state index in [9.17, 15) is 9.59 Å². The van der Waals surface area contributed by atoms with Gasteiger partial charge in [0.1, 0.15) is 11.5 Å². The van der Waals surface area contributed by atoms with Crippen molar-refractivity contribution in [1.82, 2.24) is 25.3 Å². The molecule has 5 rings (SSSR count). The van der Waals surface area contributed by atoms with Crippen LogP contribution in [0.25, 0.3) is 11.3 Å². The fourth-order valence-electron chi connectivity index (χ4n) is 6.12. The monoisotopic (exact) mass is 567 g/mol. The number of hydrogen-bond donors (Lipinski definition) is 2. The molecule has 0 radical (unpaired) electrons. The molecule has 0 spiro atoms. The van der Waals surface area contributed by atoms with Gasteiger partial charge in [0.25, 0.3) is 5.91 Å². The van der Waals surface area contributed by atoms with Crippen molar-refractivity contribution in [1.29, 1.82) is 0 Å². The normalized spacial score (nSPS) is 18.2. The number of carbonyl (C=O) groups excluding carboxylic acids is 2. The number of nitrogens with zero attached hydrogens (tertiary/aromatic N) is 3. The van der Waals surface area contributed by atoms with Gasteiger partial charge in [-0.15, -0.1) is 0 Å². The molecule has 9 nitrogen and oxygen atoms in total. The molecule has 2 amide bonds. The van der Waals surface area contributed by atoms with Crippen molar-refractivity contribution in [3.05, 3.63) is 30.0 Å². The summed E-state index contributed by atoms with van der Waals surface area (Å²) in [5.41, 5.74) is 1.97. The number of ether oxygens (including phenoxy) is 2. The van der Waals surface area contributed by atoms with Gasteiger partial charge in [-0.05, 0) is 82.7 Å². The summed E-state index contributed by atoms with van der Waals surface area (Å²) >= 11 is 0. The molecule has 1 unspecified atom stereocenters. The molecule has 1 aliphatic heterocycles. The van der Waals surface area contributed by atoms with E-state index in [1.165, 1.54) is 19.3 Å².